The van der Waals surface area contributed by atoms with Crippen LogP contribution in [0.4, 0.5) is 5.82 Å². The number of aryl methyl sites for hydroxylation is 1. The fourth-order valence-electron chi connectivity index (χ4n) is 2.95. The molecule has 1 aromatic carbocycles. The largest absolute Gasteiger partial charge is 0.360 e. The second-order valence-electron chi connectivity index (χ2n) is 6.83. The van der Waals surface area contributed by atoms with Gasteiger partial charge in [0.05, 0.1) is 10.9 Å². The van der Waals surface area contributed by atoms with Gasteiger partial charge in [-0.3, -0.25) is 14.3 Å². The number of aromatic nitrogens is 5. The molecule has 0 bridgehead atoms. The first-order valence-electron chi connectivity index (χ1n) is 9.46. The lowest BCUT2D eigenvalue weighted by atomic mass is 10.2. The van der Waals surface area contributed by atoms with Crippen molar-refractivity contribution in [2.24, 2.45) is 0 Å². The molecule has 4 aromatic rings. The van der Waals surface area contributed by atoms with E-state index in [1.807, 2.05) is 41.8 Å². The van der Waals surface area contributed by atoms with E-state index in [2.05, 4.69) is 25.7 Å². The maximum atomic E-state index is 12.7. The minimum atomic E-state index is -0.468. The van der Waals surface area contributed by atoms with Crippen molar-refractivity contribution in [3.05, 3.63) is 65.1 Å². The lowest BCUT2D eigenvalue weighted by molar-refractivity contribution is -0.115. The average Bonchev–Trinajstić information content (AvgIpc) is 3.36. The molecule has 0 aliphatic heterocycles. The first kappa shape index (κ1) is 21.1. The Morgan fingerprint density at radius 3 is 2.68 bits per heavy atom. The van der Waals surface area contributed by atoms with Crippen LogP contribution in [0.5, 0.6) is 0 Å². The lowest BCUT2D eigenvalue weighted by Crippen LogP contribution is -2.23. The third-order valence-corrected chi connectivity index (χ3v) is 6.03. The minimum absolute atomic E-state index is 0.221. The zero-order valence-corrected chi connectivity index (χ0v) is 18.6. The van der Waals surface area contributed by atoms with E-state index in [9.17, 15) is 4.79 Å². The summed E-state index contributed by atoms with van der Waals surface area (Å²) >= 11 is 7.67. The summed E-state index contributed by atoms with van der Waals surface area (Å²) in [4.78, 5) is 16.7. The molecule has 1 unspecified atom stereocenters. The molecule has 1 atom stereocenters. The first-order valence-corrected chi connectivity index (χ1v) is 10.7. The topological polar surface area (TPSA) is 98.7 Å². The normalized spacial score (nSPS) is 12.0. The van der Waals surface area contributed by atoms with Gasteiger partial charge in [-0.2, -0.15) is 0 Å². The van der Waals surface area contributed by atoms with Crippen LogP contribution >= 0.6 is 23.4 Å². The highest BCUT2D eigenvalue weighted by Gasteiger charge is 2.23. The predicted molar refractivity (Wildman–Crippen MR) is 120 cm³/mol. The van der Waals surface area contributed by atoms with Crippen molar-refractivity contribution in [3.8, 4) is 17.1 Å². The van der Waals surface area contributed by atoms with Crippen LogP contribution in [0.2, 0.25) is 5.02 Å². The van der Waals surface area contributed by atoms with Crippen LogP contribution in [-0.4, -0.2) is 36.1 Å². The van der Waals surface area contributed by atoms with Crippen LogP contribution in [0.15, 0.2) is 58.5 Å². The molecule has 3 heterocycles. The van der Waals surface area contributed by atoms with Crippen molar-refractivity contribution in [1.29, 1.82) is 0 Å². The molecule has 4 rings (SSSR count). The van der Waals surface area contributed by atoms with Gasteiger partial charge >= 0.3 is 0 Å². The Kier molecular flexibility index (Phi) is 6.06. The number of hydrogen-bond donors (Lipinski definition) is 1. The van der Waals surface area contributed by atoms with Crippen LogP contribution in [0, 0.1) is 13.8 Å². The number of nitrogens with one attached hydrogen (secondary N) is 1. The Bertz CT molecular complexity index is 1220. The predicted octanol–water partition coefficient (Wildman–Crippen LogP) is 4.71. The summed E-state index contributed by atoms with van der Waals surface area (Å²) in [6.07, 6.45) is 3.39. The highest BCUT2D eigenvalue weighted by molar-refractivity contribution is 8.00. The van der Waals surface area contributed by atoms with E-state index >= 15 is 0 Å². The van der Waals surface area contributed by atoms with Gasteiger partial charge in [-0.1, -0.05) is 34.6 Å². The van der Waals surface area contributed by atoms with E-state index in [0.717, 1.165) is 16.8 Å². The van der Waals surface area contributed by atoms with Crippen LogP contribution < -0.4 is 5.32 Å². The monoisotopic (exact) mass is 454 g/mol. The third kappa shape index (κ3) is 4.47. The van der Waals surface area contributed by atoms with Crippen molar-refractivity contribution in [3.63, 3.8) is 0 Å². The van der Waals surface area contributed by atoms with Crippen molar-refractivity contribution in [1.82, 2.24) is 24.9 Å². The summed E-state index contributed by atoms with van der Waals surface area (Å²) in [5.41, 5.74) is 2.58. The van der Waals surface area contributed by atoms with E-state index in [1.165, 1.54) is 11.8 Å². The molecule has 0 aliphatic rings. The Hall–Kier alpha value is -3.17. The van der Waals surface area contributed by atoms with Gasteiger partial charge < -0.3 is 9.84 Å². The maximum Gasteiger partial charge on any atom is 0.238 e. The van der Waals surface area contributed by atoms with E-state index in [1.54, 1.807) is 32.3 Å². The van der Waals surface area contributed by atoms with Crippen LogP contribution in [0.25, 0.3) is 17.1 Å². The van der Waals surface area contributed by atoms with Crippen LogP contribution in [0.1, 0.15) is 18.2 Å². The fraction of sp³-hybridized carbons (Fsp3) is 0.190. The van der Waals surface area contributed by atoms with Gasteiger partial charge in [-0.05, 0) is 50.6 Å². The molecule has 0 aliphatic carbocycles. The van der Waals surface area contributed by atoms with Gasteiger partial charge in [-0.15, -0.1) is 10.2 Å². The zero-order chi connectivity index (χ0) is 22.0. The fourth-order valence-corrected chi connectivity index (χ4v) is 3.98. The van der Waals surface area contributed by atoms with Crippen molar-refractivity contribution in [2.75, 3.05) is 5.32 Å². The number of pyridine rings is 1. The molecule has 1 amide bonds. The van der Waals surface area contributed by atoms with Crippen molar-refractivity contribution < 1.29 is 9.32 Å². The molecule has 0 fully saturated rings. The number of thioether (sulfide) groups is 1. The molecule has 10 heteroatoms. The number of anilines is 1. The summed E-state index contributed by atoms with van der Waals surface area (Å²) in [6, 6.07) is 11.0. The summed E-state index contributed by atoms with van der Waals surface area (Å²) in [5.74, 6) is 1.41. The molecule has 1 N–H and O–H groups in total. The number of benzene rings is 1. The van der Waals surface area contributed by atoms with Crippen LogP contribution in [0.3, 0.4) is 0 Å². The summed E-state index contributed by atoms with van der Waals surface area (Å²) in [5, 5.41) is 16.1. The highest BCUT2D eigenvalue weighted by atomic mass is 35.5. The number of nitrogens with zero attached hydrogens (tertiary/aromatic N) is 5. The first-order chi connectivity index (χ1) is 14.9. The van der Waals surface area contributed by atoms with Gasteiger partial charge in [0, 0.05) is 29.0 Å². The second kappa shape index (κ2) is 8.91. The van der Waals surface area contributed by atoms with Crippen molar-refractivity contribution >= 4 is 35.1 Å². The molecule has 8 nitrogen and oxygen atoms in total. The van der Waals surface area contributed by atoms with Gasteiger partial charge in [0.2, 0.25) is 5.91 Å². The van der Waals surface area contributed by atoms with Gasteiger partial charge in [0.25, 0.3) is 0 Å². The standard InChI is InChI=1S/C21H19ClN6O2S/c1-12-11-18(27-30-12)24-20(29)14(3)31-21-26-25-19(15-7-9-23-10-8-15)28(21)17-6-4-5-16(22)13(17)2/h4-11,14H,1-3H3,(H,24,27,29). The average molecular weight is 455 g/mol. The number of halogens is 1. The second-order valence-corrected chi connectivity index (χ2v) is 8.55. The summed E-state index contributed by atoms with van der Waals surface area (Å²) < 4.78 is 6.91. The zero-order valence-electron chi connectivity index (χ0n) is 17.0. The SMILES string of the molecule is Cc1cc(NC(=O)C(C)Sc2nnc(-c3ccncc3)n2-c2cccc(Cl)c2C)no1. The van der Waals surface area contributed by atoms with E-state index in [4.69, 9.17) is 16.1 Å². The number of carbonyl (C=O) groups is 1. The molecule has 31 heavy (non-hydrogen) atoms. The lowest BCUT2D eigenvalue weighted by Gasteiger charge is -2.15. The summed E-state index contributed by atoms with van der Waals surface area (Å²) in [7, 11) is 0. The minimum Gasteiger partial charge on any atom is -0.360 e. The molecule has 0 saturated carbocycles. The Morgan fingerprint density at radius 2 is 1.97 bits per heavy atom. The van der Waals surface area contributed by atoms with E-state index in [-0.39, 0.29) is 5.91 Å². The number of hydrogen-bond acceptors (Lipinski definition) is 7. The summed E-state index contributed by atoms with van der Waals surface area (Å²) in [6.45, 7) is 5.49. The van der Waals surface area contributed by atoms with Gasteiger partial charge in [0.15, 0.2) is 16.8 Å². The molecule has 158 valence electrons. The van der Waals surface area contributed by atoms with Crippen molar-refractivity contribution in [2.45, 2.75) is 31.2 Å². The number of amides is 1. The number of carbonyl (C=O) groups excluding carboxylic acids is 1. The van der Waals surface area contributed by atoms with Gasteiger partial charge in [-0.25, -0.2) is 0 Å². The quantitative estimate of drug-likeness (QED) is 0.421. The molecule has 3 aromatic heterocycles. The van der Waals surface area contributed by atoms with Crippen LogP contribution in [-0.2, 0) is 4.79 Å². The molecular weight excluding hydrogens is 436 g/mol. The Labute approximate surface area is 188 Å². The van der Waals surface area contributed by atoms with E-state index in [0.29, 0.717) is 27.6 Å². The smallest absolute Gasteiger partial charge is 0.238 e. The third-order valence-electron chi connectivity index (χ3n) is 4.58. The molecule has 0 radical (unpaired) electrons. The number of rotatable bonds is 6. The highest BCUT2D eigenvalue weighted by Crippen LogP contribution is 2.33. The molecule has 0 spiro atoms. The van der Waals surface area contributed by atoms with Gasteiger partial charge in [0.1, 0.15) is 5.76 Å². The molecular formula is C21H19ClN6O2S. The molecule has 0 saturated heterocycles. The Balaban J connectivity index is 1.70. The van der Waals surface area contributed by atoms with E-state index < -0.39 is 5.25 Å². The Morgan fingerprint density at radius 1 is 1.19 bits per heavy atom. The maximum absolute atomic E-state index is 12.7.